The molecule has 0 aliphatic carbocycles. The van der Waals surface area contributed by atoms with E-state index in [1.165, 1.54) is 14.2 Å². The molecule has 2 aliphatic heterocycles. The number of ether oxygens (including phenoxy) is 11. The Labute approximate surface area is 384 Å². The Balaban J connectivity index is 1.26. The monoisotopic (exact) mass is 902 g/mol. The maximum absolute atomic E-state index is 14.0. The molecule has 14 heteroatoms. The summed E-state index contributed by atoms with van der Waals surface area (Å²) in [5, 5.41) is 0. The van der Waals surface area contributed by atoms with Gasteiger partial charge in [0.1, 0.15) is 43.2 Å². The van der Waals surface area contributed by atoms with E-state index in [9.17, 15) is 14.4 Å². The molecule has 346 valence electrons. The van der Waals surface area contributed by atoms with Crippen molar-refractivity contribution in [3.05, 3.63) is 192 Å². The predicted molar refractivity (Wildman–Crippen MR) is 239 cm³/mol. The molecule has 14 nitrogen and oxygen atoms in total. The SMILES string of the molecule is C=CCO[C@H]1O[C@H](COCc2ccccc2)[C@@H](O[C@H]2O[C@H](COC(=O)c3ccccc3)[C@@H](OC(=O)c3ccccc3)[C@H](OC)[C@@H]2OC(=O)c2ccccc2)[C@H](OC)[C@@H]1OCc1ccccc1. The van der Waals surface area contributed by atoms with Crippen LogP contribution in [0, 0.1) is 0 Å². The minimum absolute atomic E-state index is 0.0247. The molecule has 2 saturated heterocycles. The van der Waals surface area contributed by atoms with Crippen LogP contribution in [0.1, 0.15) is 42.2 Å². The van der Waals surface area contributed by atoms with E-state index in [0.29, 0.717) is 0 Å². The second kappa shape index (κ2) is 24.5. The van der Waals surface area contributed by atoms with Crippen LogP contribution in [-0.2, 0) is 65.3 Å². The van der Waals surface area contributed by atoms with Crippen molar-refractivity contribution in [1.82, 2.24) is 0 Å². The van der Waals surface area contributed by atoms with Crippen molar-refractivity contribution in [2.24, 2.45) is 0 Å². The van der Waals surface area contributed by atoms with Gasteiger partial charge in [0.05, 0.1) is 43.1 Å². The Hall–Kier alpha value is -6.07. The fraction of sp³-hybridized carbons (Fsp3) is 0.327. The highest BCUT2D eigenvalue weighted by Crippen LogP contribution is 2.36. The molecule has 0 radical (unpaired) electrons. The molecule has 5 aromatic carbocycles. The fourth-order valence-corrected chi connectivity index (χ4v) is 7.71. The van der Waals surface area contributed by atoms with E-state index in [4.69, 9.17) is 52.1 Å². The Morgan fingerprint density at radius 2 is 0.955 bits per heavy atom. The van der Waals surface area contributed by atoms with Crippen molar-refractivity contribution in [1.29, 1.82) is 0 Å². The summed E-state index contributed by atoms with van der Waals surface area (Å²) in [6.45, 7) is 3.90. The zero-order valence-electron chi connectivity index (χ0n) is 36.7. The van der Waals surface area contributed by atoms with Crippen molar-refractivity contribution in [2.45, 2.75) is 74.6 Å². The summed E-state index contributed by atoms with van der Waals surface area (Å²) in [4.78, 5) is 41.2. The van der Waals surface area contributed by atoms with Crippen molar-refractivity contribution in [3.8, 4) is 0 Å². The van der Waals surface area contributed by atoms with E-state index in [0.717, 1.165) is 11.1 Å². The van der Waals surface area contributed by atoms with Crippen LogP contribution in [0.3, 0.4) is 0 Å². The molecule has 2 aliphatic rings. The maximum Gasteiger partial charge on any atom is 0.338 e. The molecule has 10 atom stereocenters. The van der Waals surface area contributed by atoms with Gasteiger partial charge >= 0.3 is 17.9 Å². The van der Waals surface area contributed by atoms with Gasteiger partial charge in [-0.05, 0) is 47.5 Å². The van der Waals surface area contributed by atoms with Crippen molar-refractivity contribution >= 4 is 17.9 Å². The lowest BCUT2D eigenvalue weighted by Crippen LogP contribution is -2.66. The van der Waals surface area contributed by atoms with Crippen LogP contribution >= 0.6 is 0 Å². The minimum atomic E-state index is -1.50. The second-order valence-electron chi connectivity index (χ2n) is 15.4. The number of carbonyl (C=O) groups excluding carboxylic acids is 3. The molecule has 0 saturated carbocycles. The van der Waals surface area contributed by atoms with Crippen LogP contribution in [0.5, 0.6) is 0 Å². The van der Waals surface area contributed by atoms with Crippen LogP contribution in [0.15, 0.2) is 164 Å². The van der Waals surface area contributed by atoms with Gasteiger partial charge in [-0.15, -0.1) is 6.58 Å². The molecule has 66 heavy (non-hydrogen) atoms. The molecule has 2 heterocycles. The van der Waals surface area contributed by atoms with E-state index in [1.54, 1.807) is 97.1 Å². The smallest absolute Gasteiger partial charge is 0.338 e. The lowest BCUT2D eigenvalue weighted by Gasteiger charge is -2.49. The van der Waals surface area contributed by atoms with Crippen LogP contribution in [0.25, 0.3) is 0 Å². The van der Waals surface area contributed by atoms with Gasteiger partial charge in [-0.1, -0.05) is 121 Å². The zero-order chi connectivity index (χ0) is 46.1. The quantitative estimate of drug-likeness (QED) is 0.0416. The summed E-state index contributed by atoms with van der Waals surface area (Å²) in [6.07, 6.45) is -9.94. The minimum Gasteiger partial charge on any atom is -0.459 e. The van der Waals surface area contributed by atoms with Crippen molar-refractivity contribution in [2.75, 3.05) is 34.0 Å². The van der Waals surface area contributed by atoms with Gasteiger partial charge in [0, 0.05) is 14.2 Å². The summed E-state index contributed by atoms with van der Waals surface area (Å²) < 4.78 is 69.9. The molecule has 5 aromatic rings. The van der Waals surface area contributed by atoms with Crippen LogP contribution in [0.4, 0.5) is 0 Å². The summed E-state index contributed by atoms with van der Waals surface area (Å²) in [5.41, 5.74) is 2.55. The van der Waals surface area contributed by atoms with Crippen LogP contribution in [-0.4, -0.2) is 113 Å². The molecule has 0 spiro atoms. The molecule has 2 fully saturated rings. The van der Waals surface area contributed by atoms with Gasteiger partial charge in [0.2, 0.25) is 0 Å². The number of methoxy groups -OCH3 is 2. The third-order valence-electron chi connectivity index (χ3n) is 11.0. The van der Waals surface area contributed by atoms with Crippen LogP contribution in [0.2, 0.25) is 0 Å². The Morgan fingerprint density at radius 3 is 1.48 bits per heavy atom. The van der Waals surface area contributed by atoms with E-state index in [1.807, 2.05) is 60.7 Å². The first-order chi connectivity index (χ1) is 32.4. The van der Waals surface area contributed by atoms with E-state index in [-0.39, 0.29) is 43.1 Å². The van der Waals surface area contributed by atoms with Gasteiger partial charge in [0.15, 0.2) is 24.8 Å². The lowest BCUT2D eigenvalue weighted by molar-refractivity contribution is -0.365. The van der Waals surface area contributed by atoms with E-state index >= 15 is 0 Å². The molecule has 0 unspecified atom stereocenters. The number of esters is 3. The standard InChI is InChI=1S/C52H54O14/c1-4-30-59-51-46(60-32-36-22-12-6-13-23-36)44(56-2)43(40(62-51)33-58-31-35-20-10-5-11-21-35)66-52-47(65-50(55)39-28-18-9-19-29-39)45(57-3)42(64-49(54)38-26-16-8-17-27-38)41(63-52)34-61-48(53)37-24-14-7-15-25-37/h4-29,40-47,51-52H,1,30-34H2,2-3H3/t40-,41-,42-,43-,44+,45+,46+,47+,51+,52-/m1/s1. The molecule has 0 N–H and O–H groups in total. The average molecular weight is 903 g/mol. The maximum atomic E-state index is 14.0. The largest absolute Gasteiger partial charge is 0.459 e. The van der Waals surface area contributed by atoms with Gasteiger partial charge in [-0.25, -0.2) is 14.4 Å². The number of rotatable bonds is 21. The van der Waals surface area contributed by atoms with Gasteiger partial charge < -0.3 is 52.1 Å². The first-order valence-corrected chi connectivity index (χ1v) is 21.6. The normalized spacial score (nSPS) is 25.0. The first kappa shape index (κ1) is 47.9. The molecule has 0 amide bonds. The molecule has 0 bridgehead atoms. The molecule has 7 rings (SSSR count). The molecular formula is C52H54O14. The number of benzene rings is 5. The topological polar surface area (TPSA) is 153 Å². The Morgan fingerprint density at radius 1 is 0.500 bits per heavy atom. The summed E-state index contributed by atoms with van der Waals surface area (Å²) >= 11 is 0. The highest BCUT2D eigenvalue weighted by atomic mass is 16.8. The summed E-state index contributed by atoms with van der Waals surface area (Å²) in [6, 6.07) is 44.3. The summed E-state index contributed by atoms with van der Waals surface area (Å²) in [5.74, 6) is -2.12. The Kier molecular flexibility index (Phi) is 17.7. The fourth-order valence-electron chi connectivity index (χ4n) is 7.71. The number of hydrogen-bond donors (Lipinski definition) is 0. The van der Waals surface area contributed by atoms with Gasteiger partial charge in [-0.3, -0.25) is 0 Å². The number of carbonyl (C=O) groups is 3. The second-order valence-corrected chi connectivity index (χ2v) is 15.4. The van der Waals surface area contributed by atoms with E-state index < -0.39 is 85.9 Å². The van der Waals surface area contributed by atoms with Gasteiger partial charge in [0.25, 0.3) is 0 Å². The van der Waals surface area contributed by atoms with Gasteiger partial charge in [-0.2, -0.15) is 0 Å². The zero-order valence-corrected chi connectivity index (χ0v) is 36.7. The third kappa shape index (κ3) is 12.6. The highest BCUT2D eigenvalue weighted by Gasteiger charge is 2.56. The average Bonchev–Trinajstić information content (AvgIpc) is 3.37. The highest BCUT2D eigenvalue weighted by molar-refractivity contribution is 5.90. The Bertz CT molecular complexity index is 2250. The van der Waals surface area contributed by atoms with Crippen LogP contribution < -0.4 is 0 Å². The lowest BCUT2D eigenvalue weighted by atomic mass is 9.96. The third-order valence-corrected chi connectivity index (χ3v) is 11.0. The molecule has 0 aromatic heterocycles. The predicted octanol–water partition coefficient (Wildman–Crippen LogP) is 7.16. The van der Waals surface area contributed by atoms with Crippen molar-refractivity contribution in [3.63, 3.8) is 0 Å². The number of hydrogen-bond acceptors (Lipinski definition) is 14. The summed E-state index contributed by atoms with van der Waals surface area (Å²) in [7, 11) is 2.89. The first-order valence-electron chi connectivity index (χ1n) is 21.6. The van der Waals surface area contributed by atoms with Crippen molar-refractivity contribution < 1.29 is 66.5 Å². The van der Waals surface area contributed by atoms with E-state index in [2.05, 4.69) is 6.58 Å². The molecular weight excluding hydrogens is 849 g/mol.